The lowest BCUT2D eigenvalue weighted by Gasteiger charge is -2.26. The maximum Gasteiger partial charge on any atom is 0.322 e. The van der Waals surface area contributed by atoms with Crippen molar-refractivity contribution in [1.82, 2.24) is 4.90 Å². The van der Waals surface area contributed by atoms with E-state index in [4.69, 9.17) is 27.9 Å². The molecule has 0 unspecified atom stereocenters. The number of halogens is 2. The number of amides is 2. The minimum absolute atomic E-state index is 0.0864. The third-order valence-electron chi connectivity index (χ3n) is 4.12. The van der Waals surface area contributed by atoms with Gasteiger partial charge in [0.05, 0.1) is 6.10 Å². The van der Waals surface area contributed by atoms with Crippen LogP contribution in [-0.4, -0.2) is 30.2 Å². The fourth-order valence-electron chi connectivity index (χ4n) is 2.80. The molecule has 1 saturated heterocycles. The number of anilines is 1. The smallest absolute Gasteiger partial charge is 0.322 e. The van der Waals surface area contributed by atoms with Crippen molar-refractivity contribution in [2.75, 3.05) is 18.5 Å². The van der Waals surface area contributed by atoms with Crippen LogP contribution in [0.1, 0.15) is 18.4 Å². The van der Waals surface area contributed by atoms with Gasteiger partial charge in [-0.1, -0.05) is 35.3 Å². The van der Waals surface area contributed by atoms with Gasteiger partial charge in [0, 0.05) is 35.4 Å². The van der Waals surface area contributed by atoms with Gasteiger partial charge in [-0.3, -0.25) is 0 Å². The van der Waals surface area contributed by atoms with E-state index in [0.717, 1.165) is 25.0 Å². The summed E-state index contributed by atoms with van der Waals surface area (Å²) in [6, 6.07) is 14.4. The molecule has 0 saturated carbocycles. The van der Waals surface area contributed by atoms with E-state index in [9.17, 15) is 4.79 Å². The molecule has 0 spiro atoms. The normalized spacial score (nSPS) is 16.6. The summed E-state index contributed by atoms with van der Waals surface area (Å²) in [7, 11) is 0. The van der Waals surface area contributed by atoms with Crippen LogP contribution in [0.15, 0.2) is 48.5 Å². The topological polar surface area (TPSA) is 41.6 Å². The third kappa shape index (κ3) is 5.36. The molecule has 2 amide bonds. The van der Waals surface area contributed by atoms with Gasteiger partial charge < -0.3 is 15.0 Å². The first-order valence-electron chi connectivity index (χ1n) is 8.28. The van der Waals surface area contributed by atoms with Crippen molar-refractivity contribution < 1.29 is 9.53 Å². The number of benzene rings is 2. The van der Waals surface area contributed by atoms with E-state index in [1.54, 1.807) is 29.2 Å². The zero-order valence-corrected chi connectivity index (χ0v) is 15.3. The summed E-state index contributed by atoms with van der Waals surface area (Å²) >= 11 is 11.8. The van der Waals surface area contributed by atoms with Gasteiger partial charge in [-0.15, -0.1) is 0 Å². The fraction of sp³-hybridized carbons (Fsp3) is 0.316. The molecule has 2 aromatic rings. The molecule has 1 atom stereocenters. The number of carbonyl (C=O) groups excluding carboxylic acids is 1. The molecule has 0 bridgehead atoms. The molecule has 1 fully saturated rings. The number of hydrogen-bond acceptors (Lipinski definition) is 2. The Balaban J connectivity index is 1.70. The molecular weight excluding hydrogens is 359 g/mol. The van der Waals surface area contributed by atoms with Crippen molar-refractivity contribution in [3.8, 4) is 0 Å². The molecule has 2 aromatic carbocycles. The van der Waals surface area contributed by atoms with Crippen LogP contribution in [0.4, 0.5) is 10.5 Å². The van der Waals surface area contributed by atoms with Crippen LogP contribution in [0.5, 0.6) is 0 Å². The highest BCUT2D eigenvalue weighted by molar-refractivity contribution is 6.30. The zero-order valence-electron chi connectivity index (χ0n) is 13.8. The van der Waals surface area contributed by atoms with E-state index in [2.05, 4.69) is 5.32 Å². The predicted molar refractivity (Wildman–Crippen MR) is 101 cm³/mol. The second-order valence-electron chi connectivity index (χ2n) is 6.08. The van der Waals surface area contributed by atoms with E-state index in [-0.39, 0.29) is 12.1 Å². The Bertz CT molecular complexity index is 698. The maximum absolute atomic E-state index is 12.8. The van der Waals surface area contributed by atoms with Crippen molar-refractivity contribution in [3.63, 3.8) is 0 Å². The van der Waals surface area contributed by atoms with Crippen molar-refractivity contribution in [1.29, 1.82) is 0 Å². The Morgan fingerprint density at radius 3 is 2.32 bits per heavy atom. The molecular formula is C19H20Cl2N2O2. The maximum atomic E-state index is 12.8. The number of nitrogens with zero attached hydrogens (tertiary/aromatic N) is 1. The summed E-state index contributed by atoms with van der Waals surface area (Å²) in [5.41, 5.74) is 1.73. The van der Waals surface area contributed by atoms with Crippen LogP contribution >= 0.6 is 23.2 Å². The van der Waals surface area contributed by atoms with Crippen LogP contribution < -0.4 is 5.32 Å². The summed E-state index contributed by atoms with van der Waals surface area (Å²) in [5, 5.41) is 4.24. The number of hydrogen-bond donors (Lipinski definition) is 1. The van der Waals surface area contributed by atoms with Gasteiger partial charge in [-0.05, 0) is 54.8 Å². The van der Waals surface area contributed by atoms with Gasteiger partial charge in [0.15, 0.2) is 0 Å². The van der Waals surface area contributed by atoms with Crippen LogP contribution in [0.2, 0.25) is 10.0 Å². The Morgan fingerprint density at radius 1 is 1.08 bits per heavy atom. The molecule has 4 nitrogen and oxygen atoms in total. The molecule has 0 radical (unpaired) electrons. The number of ether oxygens (including phenoxy) is 1. The first-order valence-corrected chi connectivity index (χ1v) is 9.03. The zero-order chi connectivity index (χ0) is 17.6. The summed E-state index contributed by atoms with van der Waals surface area (Å²) in [6.45, 7) is 1.82. The number of rotatable bonds is 5. The molecule has 25 heavy (non-hydrogen) atoms. The van der Waals surface area contributed by atoms with Gasteiger partial charge >= 0.3 is 6.03 Å². The quantitative estimate of drug-likeness (QED) is 0.775. The summed E-state index contributed by atoms with van der Waals surface area (Å²) < 4.78 is 5.70. The summed E-state index contributed by atoms with van der Waals surface area (Å²) in [4.78, 5) is 14.5. The molecule has 0 aromatic heterocycles. The third-order valence-corrected chi connectivity index (χ3v) is 4.62. The molecule has 1 N–H and O–H groups in total. The van der Waals surface area contributed by atoms with Crippen LogP contribution in [0, 0.1) is 0 Å². The van der Waals surface area contributed by atoms with Gasteiger partial charge in [0.2, 0.25) is 0 Å². The molecule has 6 heteroatoms. The van der Waals surface area contributed by atoms with Crippen LogP contribution in [0.25, 0.3) is 0 Å². The van der Waals surface area contributed by atoms with E-state index < -0.39 is 0 Å². The minimum atomic E-state index is -0.159. The lowest BCUT2D eigenvalue weighted by atomic mass is 10.2. The monoisotopic (exact) mass is 378 g/mol. The Hall–Kier alpha value is -1.75. The molecule has 1 aliphatic heterocycles. The highest BCUT2D eigenvalue weighted by Crippen LogP contribution is 2.19. The SMILES string of the molecule is O=C(Nc1ccc(Cl)cc1)N(Cc1ccc(Cl)cc1)C[C@@H]1CCCO1. The van der Waals surface area contributed by atoms with Crippen molar-refractivity contribution >= 4 is 34.9 Å². The molecule has 1 aliphatic rings. The van der Waals surface area contributed by atoms with Gasteiger partial charge in [-0.2, -0.15) is 0 Å². The second kappa shape index (κ2) is 8.56. The molecule has 0 aliphatic carbocycles. The van der Waals surface area contributed by atoms with Crippen molar-refractivity contribution in [2.45, 2.75) is 25.5 Å². The highest BCUT2D eigenvalue weighted by atomic mass is 35.5. The first kappa shape index (κ1) is 18.1. The highest BCUT2D eigenvalue weighted by Gasteiger charge is 2.23. The molecule has 132 valence electrons. The van der Waals surface area contributed by atoms with Crippen molar-refractivity contribution in [2.24, 2.45) is 0 Å². The molecule has 3 rings (SSSR count). The van der Waals surface area contributed by atoms with E-state index in [0.29, 0.717) is 28.8 Å². The number of nitrogens with one attached hydrogen (secondary N) is 1. The van der Waals surface area contributed by atoms with Crippen molar-refractivity contribution in [3.05, 3.63) is 64.1 Å². The fourth-order valence-corrected chi connectivity index (χ4v) is 3.05. The summed E-state index contributed by atoms with van der Waals surface area (Å²) in [5.74, 6) is 0. The Morgan fingerprint density at radius 2 is 1.72 bits per heavy atom. The first-order chi connectivity index (χ1) is 12.1. The average molecular weight is 379 g/mol. The predicted octanol–water partition coefficient (Wildman–Crippen LogP) is 5.21. The standard InChI is InChI=1S/C19H20Cl2N2O2/c20-15-5-3-14(4-6-15)12-23(13-18-2-1-11-25-18)19(24)22-17-9-7-16(21)8-10-17/h3-10,18H,1-2,11-13H2,(H,22,24)/t18-/m0/s1. The van der Waals surface area contributed by atoms with Crippen LogP contribution in [0.3, 0.4) is 0 Å². The number of carbonyl (C=O) groups is 1. The largest absolute Gasteiger partial charge is 0.376 e. The Kier molecular flexibility index (Phi) is 6.19. The number of urea groups is 1. The van der Waals surface area contributed by atoms with E-state index >= 15 is 0 Å². The summed E-state index contributed by atoms with van der Waals surface area (Å²) in [6.07, 6.45) is 2.10. The minimum Gasteiger partial charge on any atom is -0.376 e. The van der Waals surface area contributed by atoms with E-state index in [1.807, 2.05) is 24.3 Å². The van der Waals surface area contributed by atoms with E-state index in [1.165, 1.54) is 0 Å². The van der Waals surface area contributed by atoms with Gasteiger partial charge in [0.25, 0.3) is 0 Å². The van der Waals surface area contributed by atoms with Crippen LogP contribution in [-0.2, 0) is 11.3 Å². The Labute approximate surface area is 157 Å². The lowest BCUT2D eigenvalue weighted by Crippen LogP contribution is -2.39. The van der Waals surface area contributed by atoms with Gasteiger partial charge in [-0.25, -0.2) is 4.79 Å². The second-order valence-corrected chi connectivity index (χ2v) is 6.95. The average Bonchev–Trinajstić information content (AvgIpc) is 3.11. The lowest BCUT2D eigenvalue weighted by molar-refractivity contribution is 0.0819. The molecule has 1 heterocycles. The van der Waals surface area contributed by atoms with Gasteiger partial charge in [0.1, 0.15) is 0 Å².